The number of nitrogens with one attached hydrogen (secondary N) is 1. The first-order valence-corrected chi connectivity index (χ1v) is 11.0. The van der Waals surface area contributed by atoms with Gasteiger partial charge < -0.3 is 19.4 Å². The van der Waals surface area contributed by atoms with Crippen LogP contribution in [-0.2, 0) is 28.2 Å². The van der Waals surface area contributed by atoms with E-state index in [0.717, 1.165) is 10.9 Å². The number of anilines is 1. The van der Waals surface area contributed by atoms with E-state index in [1.54, 1.807) is 18.2 Å². The topological polar surface area (TPSA) is 76.2 Å². The van der Waals surface area contributed by atoms with E-state index >= 15 is 0 Å². The van der Waals surface area contributed by atoms with Gasteiger partial charge in [-0.15, -0.1) is 0 Å². The molecule has 2 aromatic heterocycles. The lowest BCUT2D eigenvalue weighted by Crippen LogP contribution is -2.39. The Bertz CT molecular complexity index is 1280. The number of fused-ring (bicyclic) bond motifs is 3. The summed E-state index contributed by atoms with van der Waals surface area (Å²) < 4.78 is 90.9. The summed E-state index contributed by atoms with van der Waals surface area (Å²) in [5, 5.41) is 1.21. The van der Waals surface area contributed by atoms with Gasteiger partial charge in [0.15, 0.2) is 0 Å². The zero-order valence-corrected chi connectivity index (χ0v) is 18.9. The van der Waals surface area contributed by atoms with Gasteiger partial charge >= 0.3 is 17.6 Å². The zero-order valence-electron chi connectivity index (χ0n) is 17.4. The molecule has 0 saturated carbocycles. The fraction of sp³-hybridized carbons (Fsp3) is 0.400. The Morgan fingerprint density at radius 2 is 1.77 bits per heavy atom. The number of halogens is 7. The van der Waals surface area contributed by atoms with Crippen LogP contribution in [0.25, 0.3) is 10.9 Å². The monoisotopic (exact) mass is 537 g/mol. The van der Waals surface area contributed by atoms with E-state index < -0.39 is 42.1 Å². The Balaban J connectivity index is 1.64. The molecule has 7 nitrogen and oxygen atoms in total. The summed E-state index contributed by atoms with van der Waals surface area (Å²) in [7, 11) is 0. The van der Waals surface area contributed by atoms with Gasteiger partial charge in [-0.2, -0.15) is 36.3 Å². The molecule has 2 aliphatic heterocycles. The molecule has 3 aromatic rings. The van der Waals surface area contributed by atoms with E-state index in [4.69, 9.17) is 33.3 Å². The van der Waals surface area contributed by atoms with Crippen molar-refractivity contribution < 1.29 is 35.8 Å². The maximum absolute atomic E-state index is 13.4. The molecule has 0 unspecified atom stereocenters. The lowest BCUT2D eigenvalue weighted by Gasteiger charge is -2.36. The summed E-state index contributed by atoms with van der Waals surface area (Å²) >= 11 is 11.0. The molecule has 0 aliphatic carbocycles. The highest BCUT2D eigenvalue weighted by Crippen LogP contribution is 2.41. The van der Waals surface area contributed by atoms with Crippen LogP contribution in [0.15, 0.2) is 18.2 Å². The van der Waals surface area contributed by atoms with Gasteiger partial charge in [0.05, 0.1) is 6.04 Å². The highest BCUT2D eigenvalue weighted by molar-refractivity contribution is 7.79. The Hall–Kier alpha value is -2.87. The maximum atomic E-state index is 13.4. The second-order valence-corrected chi connectivity index (χ2v) is 8.75. The number of H-pyrrole nitrogens is 1. The lowest BCUT2D eigenvalue weighted by atomic mass is 9.94. The summed E-state index contributed by atoms with van der Waals surface area (Å²) in [4.78, 5) is 13.9. The summed E-state index contributed by atoms with van der Waals surface area (Å²) in [6, 6.07) is 4.38. The Morgan fingerprint density at radius 3 is 2.37 bits per heavy atom. The van der Waals surface area contributed by atoms with E-state index in [-0.39, 0.29) is 24.8 Å². The largest absolute Gasteiger partial charge is 0.453 e. The first-order valence-electron chi connectivity index (χ1n) is 10.2. The van der Waals surface area contributed by atoms with Gasteiger partial charge in [0, 0.05) is 46.8 Å². The van der Waals surface area contributed by atoms with Gasteiger partial charge in [-0.1, -0.05) is 11.6 Å². The molecule has 0 amide bonds. The predicted molar refractivity (Wildman–Crippen MR) is 115 cm³/mol. The first-order chi connectivity index (χ1) is 16.4. The van der Waals surface area contributed by atoms with Crippen LogP contribution in [0.2, 0.25) is 5.02 Å². The molecule has 1 N–H and O–H groups in total. The fourth-order valence-electron chi connectivity index (χ4n) is 4.30. The average molecular weight is 538 g/mol. The number of hydrogen-bond donors (Lipinski definition) is 1. The van der Waals surface area contributed by atoms with Crippen molar-refractivity contribution in [3.63, 3.8) is 0 Å². The van der Waals surface area contributed by atoms with E-state index in [1.807, 2.05) is 0 Å². The number of aromatic nitrogens is 4. The van der Waals surface area contributed by atoms with Gasteiger partial charge in [-0.3, -0.25) is 0 Å². The normalized spacial score (nSPS) is 20.7. The molecule has 1 fully saturated rings. The van der Waals surface area contributed by atoms with E-state index in [2.05, 4.69) is 19.9 Å². The Labute approximate surface area is 203 Å². The molecule has 15 heteroatoms. The quantitative estimate of drug-likeness (QED) is 0.362. The molecule has 2 atom stereocenters. The molecule has 0 bridgehead atoms. The molecule has 4 heterocycles. The van der Waals surface area contributed by atoms with Crippen LogP contribution in [-0.4, -0.2) is 44.4 Å². The summed E-state index contributed by atoms with van der Waals surface area (Å²) in [5.74, 6) is -4.60. The highest BCUT2D eigenvalue weighted by atomic mass is 35.5. The minimum atomic E-state index is -5.21. The third-order valence-corrected chi connectivity index (χ3v) is 6.19. The molecular weight excluding hydrogens is 524 g/mol. The molecule has 0 radical (unpaired) electrons. The van der Waals surface area contributed by atoms with Gasteiger partial charge in [-0.25, -0.2) is 4.98 Å². The number of hydrogen-bond acceptors (Lipinski definition) is 7. The van der Waals surface area contributed by atoms with Crippen molar-refractivity contribution in [1.82, 2.24) is 19.9 Å². The number of thiocarbonyl (C=S) groups is 1. The molecule has 2 aliphatic rings. The second-order valence-electron chi connectivity index (χ2n) is 7.98. The van der Waals surface area contributed by atoms with Crippen molar-refractivity contribution in [2.24, 2.45) is 0 Å². The number of alkyl halides is 6. The second kappa shape index (κ2) is 8.36. The first kappa shape index (κ1) is 23.9. The third kappa shape index (κ3) is 4.56. The van der Waals surface area contributed by atoms with Gasteiger partial charge in [0.2, 0.25) is 17.6 Å². The molecule has 1 saturated heterocycles. The zero-order chi connectivity index (χ0) is 25.1. The third-order valence-electron chi connectivity index (χ3n) is 5.74. The lowest BCUT2D eigenvalue weighted by molar-refractivity contribution is -0.155. The summed E-state index contributed by atoms with van der Waals surface area (Å²) in [5.41, 5.74) is 2.14. The number of benzene rings is 1. The molecule has 35 heavy (non-hydrogen) atoms. The average Bonchev–Trinajstić information content (AvgIpc) is 3.35. The van der Waals surface area contributed by atoms with Crippen LogP contribution in [0.5, 0.6) is 0 Å². The van der Waals surface area contributed by atoms with Crippen molar-refractivity contribution in [1.29, 1.82) is 0 Å². The van der Waals surface area contributed by atoms with Gasteiger partial charge in [0.25, 0.3) is 0 Å². The predicted octanol–water partition coefficient (Wildman–Crippen LogP) is 5.24. The standard InChI is InChI=1S/C20H14ClF6N5O2S/c21-8-1-2-12-11(5-8)10-3-4-32(13(14(10)28-12)6-9-7-33-18(35)34-9)17-30-15(19(22,23)24)29-16(31-17)20(25,26)27/h1-2,5,9,13,28H,3-4,6-7H2/t9-,13-/m1/s1. The fourth-order valence-corrected chi connectivity index (χ4v) is 4.68. The summed E-state index contributed by atoms with van der Waals surface area (Å²) in [6.45, 7) is 0.122. The Kier molecular flexibility index (Phi) is 5.70. The van der Waals surface area contributed by atoms with Gasteiger partial charge in [-0.05, 0) is 30.2 Å². The maximum Gasteiger partial charge on any atom is 0.451 e. The van der Waals surface area contributed by atoms with E-state index in [0.29, 0.717) is 22.7 Å². The highest BCUT2D eigenvalue weighted by Gasteiger charge is 2.44. The Morgan fingerprint density at radius 1 is 1.09 bits per heavy atom. The minimum absolute atomic E-state index is 0.0355. The smallest absolute Gasteiger partial charge is 0.451 e. The van der Waals surface area contributed by atoms with Crippen molar-refractivity contribution in [3.8, 4) is 0 Å². The van der Waals surface area contributed by atoms with E-state index in [1.165, 1.54) is 4.90 Å². The number of rotatable bonds is 3. The molecule has 0 spiro atoms. The minimum Gasteiger partial charge on any atom is -0.453 e. The molecule has 1 aromatic carbocycles. The van der Waals surface area contributed by atoms with Crippen LogP contribution in [0.3, 0.4) is 0 Å². The van der Waals surface area contributed by atoms with Crippen LogP contribution in [0.4, 0.5) is 32.3 Å². The van der Waals surface area contributed by atoms with Crippen LogP contribution < -0.4 is 4.90 Å². The number of ether oxygens (including phenoxy) is 2. The van der Waals surface area contributed by atoms with Crippen molar-refractivity contribution >= 4 is 45.9 Å². The van der Waals surface area contributed by atoms with Crippen molar-refractivity contribution in [3.05, 3.63) is 46.1 Å². The molecule has 5 rings (SSSR count). The van der Waals surface area contributed by atoms with Crippen LogP contribution in [0.1, 0.15) is 35.4 Å². The molecule has 186 valence electrons. The van der Waals surface area contributed by atoms with Gasteiger partial charge in [0.1, 0.15) is 12.7 Å². The summed E-state index contributed by atoms with van der Waals surface area (Å²) in [6.07, 6.45) is -10.6. The van der Waals surface area contributed by atoms with E-state index in [9.17, 15) is 26.3 Å². The van der Waals surface area contributed by atoms with Crippen molar-refractivity contribution in [2.75, 3.05) is 18.1 Å². The SMILES string of the molecule is FC(F)(F)c1nc(N2CCc3c([nH]c4ccc(Cl)cc34)[C@H]2C[C@@H]2COC(=S)O2)nc(C(F)(F)F)n1. The number of nitrogens with zero attached hydrogens (tertiary/aromatic N) is 4. The van der Waals surface area contributed by atoms with Crippen molar-refractivity contribution in [2.45, 2.75) is 37.3 Å². The van der Waals surface area contributed by atoms with Crippen LogP contribution in [0, 0.1) is 0 Å². The van der Waals surface area contributed by atoms with Crippen LogP contribution >= 0.6 is 23.8 Å². The number of aromatic amines is 1. The molecular formula is C20H14ClF6N5O2S.